The Morgan fingerprint density at radius 3 is 2.42 bits per heavy atom. The lowest BCUT2D eigenvalue weighted by molar-refractivity contribution is 0.328. The third kappa shape index (κ3) is 3.27. The van der Waals surface area contributed by atoms with Crippen LogP contribution in [0.25, 0.3) is 22.3 Å². The maximum Gasteiger partial charge on any atom is 0.194 e. The fourth-order valence-corrected chi connectivity index (χ4v) is 3.36. The zero-order valence-corrected chi connectivity index (χ0v) is 16.7. The molecule has 7 heteroatoms. The van der Waals surface area contributed by atoms with Crippen LogP contribution in [-0.2, 0) is 0 Å². The van der Waals surface area contributed by atoms with Gasteiger partial charge in [-0.05, 0) is 41.1 Å². The molecule has 0 bridgehead atoms. The largest absolute Gasteiger partial charge is 0.493 e. The second-order valence-electron chi connectivity index (χ2n) is 5.34. The van der Waals surface area contributed by atoms with E-state index in [-0.39, 0.29) is 5.43 Å². The first-order valence-electron chi connectivity index (χ1n) is 7.81. The molecule has 0 amide bonds. The molecule has 0 unspecified atom stereocenters. The van der Waals surface area contributed by atoms with Gasteiger partial charge in [-0.1, -0.05) is 11.6 Å². The van der Waals surface area contributed by atoms with Gasteiger partial charge in [0.05, 0.1) is 36.8 Å². The number of methoxy groups -OCH3 is 2. The molecule has 0 spiro atoms. The molecule has 0 saturated heterocycles. The molecule has 5 nitrogen and oxygen atoms in total. The highest BCUT2D eigenvalue weighted by atomic mass is 79.9. The minimum Gasteiger partial charge on any atom is -0.493 e. The number of hydrogen-bond acceptors (Lipinski definition) is 5. The minimum atomic E-state index is -0.215. The Bertz CT molecular complexity index is 1030. The van der Waals surface area contributed by atoms with Crippen LogP contribution in [0.4, 0.5) is 0 Å². The molecule has 0 aliphatic heterocycles. The summed E-state index contributed by atoms with van der Waals surface area (Å²) in [5, 5.41) is 0.736. The Labute approximate surface area is 163 Å². The monoisotopic (exact) mass is 438 g/mol. The fourth-order valence-electron chi connectivity index (χ4n) is 2.65. The van der Waals surface area contributed by atoms with Gasteiger partial charge in [-0.2, -0.15) is 0 Å². The lowest BCUT2D eigenvalue weighted by Crippen LogP contribution is -2.03. The number of benzene rings is 2. The van der Waals surface area contributed by atoms with Gasteiger partial charge < -0.3 is 18.6 Å². The summed E-state index contributed by atoms with van der Waals surface area (Å²) in [6, 6.07) is 8.19. The zero-order valence-electron chi connectivity index (χ0n) is 14.4. The van der Waals surface area contributed by atoms with Crippen LogP contribution in [0, 0.1) is 0 Å². The van der Waals surface area contributed by atoms with Crippen molar-refractivity contribution in [2.24, 2.45) is 0 Å². The second kappa shape index (κ2) is 7.60. The summed E-state index contributed by atoms with van der Waals surface area (Å²) in [5.41, 5.74) is 0.660. The number of fused-ring (bicyclic) bond motifs is 1. The SMILES string of the molecule is CCOc1cc(OC)c(OC)cc1-c1cc(=O)c2c(Br)ccc(Cl)c2o1. The Kier molecular flexibility index (Phi) is 5.44. The van der Waals surface area contributed by atoms with Crippen molar-refractivity contribution in [3.05, 3.63) is 50.1 Å². The maximum absolute atomic E-state index is 12.6. The van der Waals surface area contributed by atoms with E-state index < -0.39 is 0 Å². The summed E-state index contributed by atoms with van der Waals surface area (Å²) in [5.74, 6) is 1.85. The molecule has 1 heterocycles. The Morgan fingerprint density at radius 2 is 1.77 bits per heavy atom. The van der Waals surface area contributed by atoms with Crippen LogP contribution >= 0.6 is 27.5 Å². The summed E-state index contributed by atoms with van der Waals surface area (Å²) < 4.78 is 23.0. The number of hydrogen-bond donors (Lipinski definition) is 0. The van der Waals surface area contributed by atoms with Gasteiger partial charge in [0.1, 0.15) is 11.5 Å². The van der Waals surface area contributed by atoms with Crippen molar-refractivity contribution >= 4 is 38.5 Å². The summed E-state index contributed by atoms with van der Waals surface area (Å²) in [6.45, 7) is 2.30. The number of ether oxygens (including phenoxy) is 3. The molecule has 0 saturated carbocycles. The molecule has 0 aliphatic rings. The molecular weight excluding hydrogens is 424 g/mol. The topological polar surface area (TPSA) is 57.9 Å². The van der Waals surface area contributed by atoms with E-state index in [1.54, 1.807) is 31.4 Å². The van der Waals surface area contributed by atoms with Crippen molar-refractivity contribution in [1.29, 1.82) is 0 Å². The van der Waals surface area contributed by atoms with Gasteiger partial charge in [-0.15, -0.1) is 0 Å². The molecule has 0 aliphatic carbocycles. The molecule has 3 rings (SSSR count). The highest BCUT2D eigenvalue weighted by Crippen LogP contribution is 2.41. The van der Waals surface area contributed by atoms with E-state index in [4.69, 9.17) is 30.2 Å². The van der Waals surface area contributed by atoms with Gasteiger partial charge in [0.25, 0.3) is 0 Å². The second-order valence-corrected chi connectivity index (χ2v) is 6.61. The highest BCUT2D eigenvalue weighted by molar-refractivity contribution is 9.10. The summed E-state index contributed by atoms with van der Waals surface area (Å²) in [7, 11) is 3.08. The molecule has 26 heavy (non-hydrogen) atoms. The summed E-state index contributed by atoms with van der Waals surface area (Å²) >= 11 is 9.60. The first-order valence-corrected chi connectivity index (χ1v) is 8.98. The van der Waals surface area contributed by atoms with Crippen molar-refractivity contribution in [2.45, 2.75) is 6.92 Å². The van der Waals surface area contributed by atoms with Gasteiger partial charge >= 0.3 is 0 Å². The number of rotatable bonds is 5. The molecule has 0 atom stereocenters. The van der Waals surface area contributed by atoms with Crippen molar-refractivity contribution in [3.8, 4) is 28.6 Å². The third-order valence-corrected chi connectivity index (χ3v) is 4.79. The molecule has 0 radical (unpaired) electrons. The van der Waals surface area contributed by atoms with Crippen LogP contribution in [0.3, 0.4) is 0 Å². The first-order chi connectivity index (χ1) is 12.5. The zero-order chi connectivity index (χ0) is 18.8. The van der Waals surface area contributed by atoms with E-state index in [0.29, 0.717) is 55.6 Å². The smallest absolute Gasteiger partial charge is 0.194 e. The summed E-state index contributed by atoms with van der Waals surface area (Å²) in [6.07, 6.45) is 0. The molecule has 3 aromatic rings. The maximum atomic E-state index is 12.6. The number of halogens is 2. The third-order valence-electron chi connectivity index (χ3n) is 3.83. The van der Waals surface area contributed by atoms with Crippen molar-refractivity contribution in [3.63, 3.8) is 0 Å². The molecule has 0 N–H and O–H groups in total. The van der Waals surface area contributed by atoms with Crippen LogP contribution in [0.5, 0.6) is 17.2 Å². The lowest BCUT2D eigenvalue weighted by Gasteiger charge is -2.15. The molecule has 0 fully saturated rings. The van der Waals surface area contributed by atoms with Gasteiger partial charge in [-0.25, -0.2) is 0 Å². The van der Waals surface area contributed by atoms with Crippen LogP contribution in [0.1, 0.15) is 6.92 Å². The van der Waals surface area contributed by atoms with Crippen LogP contribution in [-0.4, -0.2) is 20.8 Å². The van der Waals surface area contributed by atoms with Crippen LogP contribution in [0.2, 0.25) is 5.02 Å². The fraction of sp³-hybridized carbons (Fsp3) is 0.211. The minimum absolute atomic E-state index is 0.215. The van der Waals surface area contributed by atoms with E-state index in [0.717, 1.165) is 0 Å². The molecule has 1 aromatic heterocycles. The van der Waals surface area contributed by atoms with E-state index >= 15 is 0 Å². The first kappa shape index (κ1) is 18.6. The van der Waals surface area contributed by atoms with E-state index in [1.165, 1.54) is 13.2 Å². The predicted molar refractivity (Wildman–Crippen MR) is 105 cm³/mol. The van der Waals surface area contributed by atoms with Crippen molar-refractivity contribution < 1.29 is 18.6 Å². The normalized spacial score (nSPS) is 10.8. The average molecular weight is 440 g/mol. The predicted octanol–water partition coefficient (Wildman–Crippen LogP) is 5.29. The quantitative estimate of drug-likeness (QED) is 0.540. The van der Waals surface area contributed by atoms with E-state index in [9.17, 15) is 4.79 Å². The Balaban J connectivity index is 2.32. The highest BCUT2D eigenvalue weighted by Gasteiger charge is 2.18. The van der Waals surface area contributed by atoms with Crippen molar-refractivity contribution in [1.82, 2.24) is 0 Å². The van der Waals surface area contributed by atoms with Gasteiger partial charge in [-0.3, -0.25) is 4.79 Å². The van der Waals surface area contributed by atoms with Gasteiger partial charge in [0.2, 0.25) is 0 Å². The molecule has 2 aromatic carbocycles. The Hall–Kier alpha value is -2.18. The molecular formula is C19H16BrClO5. The van der Waals surface area contributed by atoms with Crippen LogP contribution in [0.15, 0.2) is 44.0 Å². The van der Waals surface area contributed by atoms with Crippen molar-refractivity contribution in [2.75, 3.05) is 20.8 Å². The Morgan fingerprint density at radius 1 is 1.08 bits per heavy atom. The lowest BCUT2D eigenvalue weighted by atomic mass is 10.1. The van der Waals surface area contributed by atoms with Gasteiger partial charge in [0.15, 0.2) is 22.5 Å². The molecule has 136 valence electrons. The van der Waals surface area contributed by atoms with Gasteiger partial charge in [0, 0.05) is 16.6 Å². The standard InChI is InChI=1S/C19H16BrClO5/c1-4-25-14-9-17(24-3)16(23-2)7-10(14)15-8-13(22)18-11(20)5-6-12(21)19(18)26-15/h5-9H,4H2,1-3H3. The van der Waals surface area contributed by atoms with Crippen LogP contribution < -0.4 is 19.6 Å². The average Bonchev–Trinajstić information content (AvgIpc) is 2.64. The van der Waals surface area contributed by atoms with E-state index in [2.05, 4.69) is 15.9 Å². The van der Waals surface area contributed by atoms with E-state index in [1.807, 2.05) is 6.92 Å². The summed E-state index contributed by atoms with van der Waals surface area (Å²) in [4.78, 5) is 12.6.